The van der Waals surface area contributed by atoms with E-state index in [1.807, 2.05) is 47.4 Å². The molecule has 2 aliphatic heterocycles. The number of hydrogen-bond acceptors (Lipinski definition) is 6. The van der Waals surface area contributed by atoms with E-state index in [-0.39, 0.29) is 31.2 Å². The Hall–Kier alpha value is -3.26. The Morgan fingerprint density at radius 2 is 1.76 bits per heavy atom. The van der Waals surface area contributed by atoms with E-state index in [1.165, 1.54) is 0 Å². The molecule has 0 aliphatic carbocycles. The summed E-state index contributed by atoms with van der Waals surface area (Å²) in [6.07, 6.45) is 4.42. The largest absolute Gasteiger partial charge is 0.496 e. The number of carbonyl (C=O) groups excluding carboxylic acids is 1. The van der Waals surface area contributed by atoms with E-state index >= 15 is 0 Å². The SMILES string of the molecule is CCCCN(CCCC)C(=O)CN1C[C@H](c2ccc3c(c2)OCO3)[C@@H](C(=O)O)[C@@H]1Cc1ccccc1OC. The van der Waals surface area contributed by atoms with Gasteiger partial charge in [-0.1, -0.05) is 51.0 Å². The Labute approximate surface area is 225 Å². The zero-order valence-electron chi connectivity index (χ0n) is 22.7. The van der Waals surface area contributed by atoms with Gasteiger partial charge < -0.3 is 24.2 Å². The van der Waals surface area contributed by atoms with Gasteiger partial charge in [0.2, 0.25) is 12.7 Å². The van der Waals surface area contributed by atoms with Crippen molar-refractivity contribution in [2.24, 2.45) is 5.92 Å². The van der Waals surface area contributed by atoms with Crippen LogP contribution < -0.4 is 14.2 Å². The number of aliphatic carboxylic acids is 1. The molecule has 4 rings (SSSR count). The van der Waals surface area contributed by atoms with E-state index in [4.69, 9.17) is 14.2 Å². The van der Waals surface area contributed by atoms with Crippen LogP contribution in [-0.2, 0) is 16.0 Å². The van der Waals surface area contributed by atoms with Crippen LogP contribution >= 0.6 is 0 Å². The minimum Gasteiger partial charge on any atom is -0.496 e. The molecule has 2 heterocycles. The molecule has 2 aliphatic rings. The van der Waals surface area contributed by atoms with Crippen molar-refractivity contribution in [1.82, 2.24) is 9.80 Å². The standard InChI is InChI=1S/C30H40N2O6/c1-4-6-14-31(15-7-5-2)28(33)19-32-18-23(21-12-13-26-27(17-21)38-20-37-26)29(30(34)35)24(32)16-22-10-8-9-11-25(22)36-3/h8-13,17,23-24,29H,4-7,14-16,18-20H2,1-3H3,(H,34,35)/t23-,24+,29-/m1/s1. The van der Waals surface area contributed by atoms with Gasteiger partial charge in [-0.25, -0.2) is 0 Å². The molecule has 0 aromatic heterocycles. The van der Waals surface area contributed by atoms with Gasteiger partial charge in [0, 0.05) is 31.6 Å². The number of methoxy groups -OCH3 is 1. The maximum Gasteiger partial charge on any atom is 0.308 e. The Morgan fingerprint density at radius 1 is 1.05 bits per heavy atom. The zero-order valence-corrected chi connectivity index (χ0v) is 22.7. The van der Waals surface area contributed by atoms with Crippen molar-refractivity contribution in [2.45, 2.75) is 57.9 Å². The Morgan fingerprint density at radius 3 is 2.45 bits per heavy atom. The number of likely N-dealkylation sites (tertiary alicyclic amines) is 1. The predicted molar refractivity (Wildman–Crippen MR) is 145 cm³/mol. The lowest BCUT2D eigenvalue weighted by Crippen LogP contribution is -2.45. The lowest BCUT2D eigenvalue weighted by molar-refractivity contribution is -0.143. The fourth-order valence-electron chi connectivity index (χ4n) is 5.66. The summed E-state index contributed by atoms with van der Waals surface area (Å²) in [5, 5.41) is 10.5. The topological polar surface area (TPSA) is 88.5 Å². The molecule has 0 radical (unpaired) electrons. The summed E-state index contributed by atoms with van der Waals surface area (Å²) >= 11 is 0. The van der Waals surface area contributed by atoms with Crippen molar-refractivity contribution in [2.75, 3.05) is 40.1 Å². The number of unbranched alkanes of at least 4 members (excludes halogenated alkanes) is 2. The molecule has 1 N–H and O–H groups in total. The molecule has 2 aromatic carbocycles. The molecule has 0 spiro atoms. The molecule has 8 nitrogen and oxygen atoms in total. The number of benzene rings is 2. The first kappa shape index (κ1) is 27.8. The number of carboxylic acid groups (broad SMARTS) is 1. The van der Waals surface area contributed by atoms with Gasteiger partial charge in [-0.05, 0) is 48.6 Å². The summed E-state index contributed by atoms with van der Waals surface area (Å²) in [5.41, 5.74) is 1.82. The number of para-hydroxylation sites is 1. The number of amides is 1. The molecule has 0 saturated carbocycles. The second-order valence-electron chi connectivity index (χ2n) is 10.2. The average Bonchev–Trinajstić information content (AvgIpc) is 3.53. The highest BCUT2D eigenvalue weighted by atomic mass is 16.7. The number of nitrogens with zero attached hydrogens (tertiary/aromatic N) is 2. The Balaban J connectivity index is 1.66. The molecule has 2 aromatic rings. The van der Waals surface area contributed by atoms with Gasteiger partial charge in [0.1, 0.15) is 5.75 Å². The summed E-state index contributed by atoms with van der Waals surface area (Å²) in [6.45, 7) is 6.53. The second kappa shape index (κ2) is 13.0. The van der Waals surface area contributed by atoms with Crippen LogP contribution in [0.15, 0.2) is 42.5 Å². The summed E-state index contributed by atoms with van der Waals surface area (Å²) in [6, 6.07) is 13.0. The predicted octanol–water partition coefficient (Wildman–Crippen LogP) is 4.56. The van der Waals surface area contributed by atoms with Crippen LogP contribution in [0.1, 0.15) is 56.6 Å². The number of fused-ring (bicyclic) bond motifs is 1. The summed E-state index contributed by atoms with van der Waals surface area (Å²) < 4.78 is 16.6. The Kier molecular flexibility index (Phi) is 9.50. The van der Waals surface area contributed by atoms with Crippen LogP contribution in [0.3, 0.4) is 0 Å². The van der Waals surface area contributed by atoms with Gasteiger partial charge in [0.15, 0.2) is 11.5 Å². The third-order valence-corrected chi connectivity index (χ3v) is 7.73. The normalized spacial score (nSPS) is 20.4. The van der Waals surface area contributed by atoms with Crippen molar-refractivity contribution in [3.63, 3.8) is 0 Å². The molecule has 8 heteroatoms. The smallest absolute Gasteiger partial charge is 0.308 e. The molecule has 0 bridgehead atoms. The van der Waals surface area contributed by atoms with E-state index < -0.39 is 11.9 Å². The zero-order chi connectivity index (χ0) is 27.1. The van der Waals surface area contributed by atoms with Gasteiger partial charge in [0.05, 0.1) is 19.6 Å². The minimum absolute atomic E-state index is 0.0624. The fourth-order valence-corrected chi connectivity index (χ4v) is 5.66. The third kappa shape index (κ3) is 6.23. The summed E-state index contributed by atoms with van der Waals surface area (Å²) in [5.74, 6) is 0.222. The van der Waals surface area contributed by atoms with Gasteiger partial charge in [-0.3, -0.25) is 14.5 Å². The number of ether oxygens (including phenoxy) is 3. The first-order chi connectivity index (χ1) is 18.5. The number of carbonyl (C=O) groups is 2. The van der Waals surface area contributed by atoms with E-state index in [1.54, 1.807) is 7.11 Å². The van der Waals surface area contributed by atoms with Crippen molar-refractivity contribution in [3.05, 3.63) is 53.6 Å². The lowest BCUT2D eigenvalue weighted by Gasteiger charge is -2.30. The second-order valence-corrected chi connectivity index (χ2v) is 10.2. The fraction of sp³-hybridized carbons (Fsp3) is 0.533. The third-order valence-electron chi connectivity index (χ3n) is 7.73. The monoisotopic (exact) mass is 524 g/mol. The van der Waals surface area contributed by atoms with Crippen LogP contribution in [0.25, 0.3) is 0 Å². The first-order valence-corrected chi connectivity index (χ1v) is 13.7. The van der Waals surface area contributed by atoms with Gasteiger partial charge in [0.25, 0.3) is 0 Å². The maximum atomic E-state index is 13.6. The van der Waals surface area contributed by atoms with Gasteiger partial charge in [-0.15, -0.1) is 0 Å². The number of carboxylic acids is 1. The van der Waals surface area contributed by atoms with E-state index in [2.05, 4.69) is 18.7 Å². The van der Waals surface area contributed by atoms with Crippen LogP contribution in [-0.4, -0.2) is 72.9 Å². The number of hydrogen-bond donors (Lipinski definition) is 1. The van der Waals surface area contributed by atoms with Crippen molar-refractivity contribution >= 4 is 11.9 Å². The highest BCUT2D eigenvalue weighted by Crippen LogP contribution is 2.43. The molecule has 1 amide bonds. The molecule has 1 saturated heterocycles. The molecule has 3 atom stereocenters. The van der Waals surface area contributed by atoms with E-state index in [0.29, 0.717) is 24.5 Å². The van der Waals surface area contributed by atoms with Gasteiger partial charge >= 0.3 is 5.97 Å². The first-order valence-electron chi connectivity index (χ1n) is 13.7. The summed E-state index contributed by atoms with van der Waals surface area (Å²) in [4.78, 5) is 30.4. The Bertz CT molecular complexity index is 1100. The highest BCUT2D eigenvalue weighted by Gasteiger charge is 2.47. The molecule has 1 fully saturated rings. The van der Waals surface area contributed by atoms with Crippen molar-refractivity contribution in [1.29, 1.82) is 0 Å². The van der Waals surface area contributed by atoms with Crippen LogP contribution in [0.5, 0.6) is 17.2 Å². The quantitative estimate of drug-likeness (QED) is 0.411. The van der Waals surface area contributed by atoms with Gasteiger partial charge in [-0.2, -0.15) is 0 Å². The molecular formula is C30H40N2O6. The maximum absolute atomic E-state index is 13.6. The van der Waals surface area contributed by atoms with E-state index in [0.717, 1.165) is 55.6 Å². The summed E-state index contributed by atoms with van der Waals surface area (Å²) in [7, 11) is 1.62. The molecule has 38 heavy (non-hydrogen) atoms. The van der Waals surface area contributed by atoms with E-state index in [9.17, 15) is 14.7 Å². The van der Waals surface area contributed by atoms with Crippen LogP contribution in [0.4, 0.5) is 0 Å². The molecular weight excluding hydrogens is 484 g/mol. The highest BCUT2D eigenvalue weighted by molar-refractivity contribution is 5.79. The minimum atomic E-state index is -0.865. The molecule has 0 unspecified atom stereocenters. The number of rotatable bonds is 13. The lowest BCUT2D eigenvalue weighted by atomic mass is 9.83. The average molecular weight is 525 g/mol. The van der Waals surface area contributed by atoms with Crippen LogP contribution in [0, 0.1) is 5.92 Å². The molecule has 206 valence electrons. The van der Waals surface area contributed by atoms with Crippen molar-refractivity contribution < 1.29 is 28.9 Å². The van der Waals surface area contributed by atoms with Crippen molar-refractivity contribution in [3.8, 4) is 17.2 Å². The van der Waals surface area contributed by atoms with Crippen LogP contribution in [0.2, 0.25) is 0 Å².